The van der Waals surface area contributed by atoms with Gasteiger partial charge in [0.2, 0.25) is 0 Å². The van der Waals surface area contributed by atoms with E-state index in [0.29, 0.717) is 12.6 Å². The Hall–Kier alpha value is -1.10. The normalized spacial score (nSPS) is 30.5. The van der Waals surface area contributed by atoms with Gasteiger partial charge >= 0.3 is 6.03 Å². The monoisotopic (exact) mass is 251 g/mol. The fourth-order valence-corrected chi connectivity index (χ4v) is 3.69. The molecule has 3 rings (SSSR count). The minimum Gasteiger partial charge on any atom is -0.335 e. The van der Waals surface area contributed by atoms with E-state index in [9.17, 15) is 4.79 Å². The van der Waals surface area contributed by atoms with Crippen molar-refractivity contribution in [3.8, 4) is 0 Å². The number of hydrogen-bond acceptors (Lipinski definition) is 3. The molecule has 1 aromatic heterocycles. The van der Waals surface area contributed by atoms with Crippen molar-refractivity contribution in [1.82, 2.24) is 15.6 Å². The maximum atomic E-state index is 11.7. The third-order valence-corrected chi connectivity index (χ3v) is 4.72. The van der Waals surface area contributed by atoms with Crippen LogP contribution < -0.4 is 10.6 Å². The maximum Gasteiger partial charge on any atom is 0.315 e. The Bertz CT molecular complexity index is 392. The lowest BCUT2D eigenvalue weighted by molar-refractivity contribution is 0.230. The minimum atomic E-state index is -0.0437. The standard InChI is InChI=1S/C12H17N3OS/c16-12(14-7-11-13-3-4-17-11)15-10-6-8-1-2-9(10)5-8/h3-4,8-10H,1-2,5-7H2,(H2,14,15,16). The first-order valence-electron chi connectivity index (χ1n) is 6.24. The zero-order valence-electron chi connectivity index (χ0n) is 9.69. The van der Waals surface area contributed by atoms with Crippen molar-refractivity contribution in [3.63, 3.8) is 0 Å². The molecule has 92 valence electrons. The number of fused-ring (bicyclic) bond motifs is 2. The molecule has 2 fully saturated rings. The van der Waals surface area contributed by atoms with Gasteiger partial charge in [0, 0.05) is 17.6 Å². The van der Waals surface area contributed by atoms with Crippen LogP contribution in [0.15, 0.2) is 11.6 Å². The Morgan fingerprint density at radius 2 is 2.41 bits per heavy atom. The van der Waals surface area contributed by atoms with Crippen molar-refractivity contribution in [2.75, 3.05) is 0 Å². The van der Waals surface area contributed by atoms with E-state index in [1.165, 1.54) is 25.7 Å². The molecule has 3 atom stereocenters. The van der Waals surface area contributed by atoms with Gasteiger partial charge in [-0.1, -0.05) is 6.42 Å². The Morgan fingerprint density at radius 1 is 1.47 bits per heavy atom. The molecule has 2 aliphatic rings. The molecule has 0 aromatic carbocycles. The highest BCUT2D eigenvalue weighted by Gasteiger charge is 2.40. The highest BCUT2D eigenvalue weighted by molar-refractivity contribution is 7.09. The largest absolute Gasteiger partial charge is 0.335 e. The molecule has 17 heavy (non-hydrogen) atoms. The number of nitrogens with zero attached hydrogens (tertiary/aromatic N) is 1. The lowest BCUT2D eigenvalue weighted by Crippen LogP contribution is -2.44. The molecule has 0 spiro atoms. The molecular weight excluding hydrogens is 234 g/mol. The van der Waals surface area contributed by atoms with Crippen LogP contribution in [0, 0.1) is 11.8 Å². The predicted molar refractivity (Wildman–Crippen MR) is 66.7 cm³/mol. The third kappa shape index (κ3) is 2.44. The molecule has 2 saturated carbocycles. The average molecular weight is 251 g/mol. The molecule has 5 heteroatoms. The first-order chi connectivity index (χ1) is 8.31. The summed E-state index contributed by atoms with van der Waals surface area (Å²) in [4.78, 5) is 15.9. The van der Waals surface area contributed by atoms with Crippen molar-refractivity contribution >= 4 is 17.4 Å². The van der Waals surface area contributed by atoms with Crippen LogP contribution >= 0.6 is 11.3 Å². The summed E-state index contributed by atoms with van der Waals surface area (Å²) in [6.07, 6.45) is 6.91. The highest BCUT2D eigenvalue weighted by atomic mass is 32.1. The second kappa shape index (κ2) is 4.64. The van der Waals surface area contributed by atoms with Crippen LogP contribution in [0.4, 0.5) is 4.79 Å². The number of carbonyl (C=O) groups is 1. The molecule has 3 unspecified atom stereocenters. The molecular formula is C12H17N3OS. The number of carbonyl (C=O) groups excluding carboxylic acids is 1. The summed E-state index contributed by atoms with van der Waals surface area (Å²) in [6.45, 7) is 0.532. The molecule has 0 aliphatic heterocycles. The van der Waals surface area contributed by atoms with Gasteiger partial charge in [0.05, 0.1) is 6.54 Å². The zero-order valence-corrected chi connectivity index (χ0v) is 10.5. The topological polar surface area (TPSA) is 54.0 Å². The highest BCUT2D eigenvalue weighted by Crippen LogP contribution is 2.44. The Kier molecular flexibility index (Phi) is 3.01. The van der Waals surface area contributed by atoms with Gasteiger partial charge in [0.25, 0.3) is 0 Å². The molecule has 1 heterocycles. The molecule has 2 aliphatic carbocycles. The third-order valence-electron chi connectivity index (χ3n) is 3.94. The van der Waals surface area contributed by atoms with Gasteiger partial charge in [0.1, 0.15) is 5.01 Å². The van der Waals surface area contributed by atoms with Gasteiger partial charge in [-0.05, 0) is 31.1 Å². The van der Waals surface area contributed by atoms with E-state index in [1.54, 1.807) is 17.5 Å². The zero-order chi connectivity index (χ0) is 11.7. The smallest absolute Gasteiger partial charge is 0.315 e. The van der Waals surface area contributed by atoms with Crippen LogP contribution in [-0.4, -0.2) is 17.1 Å². The molecule has 0 radical (unpaired) electrons. The molecule has 0 saturated heterocycles. The summed E-state index contributed by atoms with van der Waals surface area (Å²) < 4.78 is 0. The number of aromatic nitrogens is 1. The number of rotatable bonds is 3. The van der Waals surface area contributed by atoms with Gasteiger partial charge in [-0.15, -0.1) is 11.3 Å². The van der Waals surface area contributed by atoms with Crippen molar-refractivity contribution in [1.29, 1.82) is 0 Å². The fourth-order valence-electron chi connectivity index (χ4n) is 3.14. The fraction of sp³-hybridized carbons (Fsp3) is 0.667. The minimum absolute atomic E-state index is 0.0437. The van der Waals surface area contributed by atoms with E-state index in [-0.39, 0.29) is 6.03 Å². The summed E-state index contributed by atoms with van der Waals surface area (Å²) in [5.41, 5.74) is 0. The van der Waals surface area contributed by atoms with Gasteiger partial charge < -0.3 is 10.6 Å². The number of amides is 2. The van der Waals surface area contributed by atoms with E-state index in [0.717, 1.165) is 16.8 Å². The Labute approximate surface area is 105 Å². The Morgan fingerprint density at radius 3 is 3.06 bits per heavy atom. The van der Waals surface area contributed by atoms with Crippen molar-refractivity contribution in [2.24, 2.45) is 11.8 Å². The van der Waals surface area contributed by atoms with Crippen LogP contribution in [-0.2, 0) is 6.54 Å². The maximum absolute atomic E-state index is 11.7. The van der Waals surface area contributed by atoms with E-state index < -0.39 is 0 Å². The lowest BCUT2D eigenvalue weighted by Gasteiger charge is -2.22. The van der Waals surface area contributed by atoms with Crippen LogP contribution in [0.2, 0.25) is 0 Å². The van der Waals surface area contributed by atoms with Crippen LogP contribution in [0.1, 0.15) is 30.7 Å². The lowest BCUT2D eigenvalue weighted by atomic mass is 9.95. The van der Waals surface area contributed by atoms with Crippen LogP contribution in [0.5, 0.6) is 0 Å². The van der Waals surface area contributed by atoms with Crippen molar-refractivity contribution < 1.29 is 4.79 Å². The van der Waals surface area contributed by atoms with Gasteiger partial charge in [-0.25, -0.2) is 9.78 Å². The number of urea groups is 1. The second-order valence-electron chi connectivity index (χ2n) is 5.03. The average Bonchev–Trinajstić information content (AvgIpc) is 3.03. The van der Waals surface area contributed by atoms with Crippen molar-refractivity contribution in [2.45, 2.75) is 38.3 Å². The van der Waals surface area contributed by atoms with Crippen LogP contribution in [0.3, 0.4) is 0 Å². The summed E-state index contributed by atoms with van der Waals surface area (Å²) in [6, 6.07) is 0.364. The van der Waals surface area contributed by atoms with E-state index >= 15 is 0 Å². The summed E-state index contributed by atoms with van der Waals surface area (Å²) in [5, 5.41) is 8.84. The van der Waals surface area contributed by atoms with Gasteiger partial charge in [-0.3, -0.25) is 0 Å². The SMILES string of the molecule is O=C(NCc1nccs1)NC1CC2CCC1C2. The van der Waals surface area contributed by atoms with Crippen LogP contribution in [0.25, 0.3) is 0 Å². The molecule has 2 N–H and O–H groups in total. The molecule has 1 aromatic rings. The molecule has 2 amide bonds. The summed E-state index contributed by atoms with van der Waals surface area (Å²) in [7, 11) is 0. The van der Waals surface area contributed by atoms with Crippen molar-refractivity contribution in [3.05, 3.63) is 16.6 Å². The number of nitrogens with one attached hydrogen (secondary N) is 2. The summed E-state index contributed by atoms with van der Waals surface area (Å²) in [5.74, 6) is 1.59. The van der Waals surface area contributed by atoms with E-state index in [4.69, 9.17) is 0 Å². The van der Waals surface area contributed by atoms with E-state index in [2.05, 4.69) is 15.6 Å². The number of hydrogen-bond donors (Lipinski definition) is 2. The molecule has 2 bridgehead atoms. The number of thiazole rings is 1. The summed E-state index contributed by atoms with van der Waals surface area (Å²) >= 11 is 1.57. The Balaban J connectivity index is 1.44. The van der Waals surface area contributed by atoms with E-state index in [1.807, 2.05) is 5.38 Å². The van der Waals surface area contributed by atoms with Gasteiger partial charge in [0.15, 0.2) is 0 Å². The first-order valence-corrected chi connectivity index (χ1v) is 7.12. The van der Waals surface area contributed by atoms with Gasteiger partial charge in [-0.2, -0.15) is 0 Å². The predicted octanol–water partition coefficient (Wildman–Crippen LogP) is 2.13. The first kappa shape index (κ1) is 11.0. The second-order valence-corrected chi connectivity index (χ2v) is 6.01. The molecule has 4 nitrogen and oxygen atoms in total. The quantitative estimate of drug-likeness (QED) is 0.864.